The van der Waals surface area contributed by atoms with Gasteiger partial charge in [0.05, 0.1) is 16.2 Å². The molecule has 292 valence electrons. The second kappa shape index (κ2) is 19.8. The van der Waals surface area contributed by atoms with Gasteiger partial charge < -0.3 is 20.1 Å². The monoisotopic (exact) mass is 773 g/mol. The third kappa shape index (κ3) is 15.7. The summed E-state index contributed by atoms with van der Waals surface area (Å²) in [5.74, 6) is -2.67. The first-order chi connectivity index (χ1) is 23.4. The van der Waals surface area contributed by atoms with Crippen LogP contribution < -0.4 is 5.32 Å². The number of ether oxygens (including phenoxy) is 1. The Morgan fingerprint density at radius 3 is 1.51 bits per heavy atom. The second-order valence-corrected chi connectivity index (χ2v) is 18.5. The SMILES string of the molecule is CC(C)(C)C(=O)OOCOP(=O)(O)C(O)(CCCNC(=O)OCc1ccccc1)P(=O)(OCOOC(=O)C(C)(C)C)OCOOC(=O)C(C)(C)C. The first kappa shape index (κ1) is 46.1. The molecule has 3 N–H and O–H groups in total. The Hall–Kier alpha value is -2.96. The van der Waals surface area contributed by atoms with Crippen LogP contribution in [0.15, 0.2) is 30.3 Å². The fourth-order valence-electron chi connectivity index (χ4n) is 2.95. The molecule has 19 nitrogen and oxygen atoms in total. The highest BCUT2D eigenvalue weighted by atomic mass is 31.2. The maximum absolute atomic E-state index is 14.2. The molecule has 0 saturated heterocycles. The van der Waals surface area contributed by atoms with Crippen molar-refractivity contribution in [2.45, 2.75) is 86.8 Å². The summed E-state index contributed by atoms with van der Waals surface area (Å²) in [4.78, 5) is 87.0. The smallest absolute Gasteiger partial charge is 0.407 e. The Labute approximate surface area is 296 Å². The first-order valence-corrected chi connectivity index (χ1v) is 18.5. The maximum atomic E-state index is 14.2. The summed E-state index contributed by atoms with van der Waals surface area (Å²) in [6, 6.07) is 8.71. The van der Waals surface area contributed by atoms with E-state index in [9.17, 15) is 38.3 Å². The van der Waals surface area contributed by atoms with Crippen molar-refractivity contribution in [1.82, 2.24) is 5.32 Å². The van der Waals surface area contributed by atoms with Gasteiger partial charge in [0.2, 0.25) is 20.4 Å². The molecular weight excluding hydrogens is 724 g/mol. The van der Waals surface area contributed by atoms with Crippen molar-refractivity contribution in [2.75, 3.05) is 26.9 Å². The average Bonchev–Trinajstić information content (AvgIpc) is 3.03. The molecule has 1 aromatic carbocycles. The van der Waals surface area contributed by atoms with Crippen molar-refractivity contribution in [3.05, 3.63) is 35.9 Å². The van der Waals surface area contributed by atoms with Crippen LogP contribution in [0, 0.1) is 16.2 Å². The van der Waals surface area contributed by atoms with Gasteiger partial charge in [0, 0.05) is 13.0 Å². The zero-order chi connectivity index (χ0) is 39.2. The quantitative estimate of drug-likeness (QED) is 0.0506. The van der Waals surface area contributed by atoms with E-state index in [4.69, 9.17) is 18.3 Å². The Morgan fingerprint density at radius 1 is 0.686 bits per heavy atom. The average molecular weight is 774 g/mol. The molecule has 0 radical (unpaired) electrons. The Kier molecular flexibility index (Phi) is 17.8. The van der Waals surface area contributed by atoms with E-state index in [0.717, 1.165) is 0 Å². The molecular formula is C30H49NO18P2. The minimum Gasteiger partial charge on any atom is -0.445 e. The van der Waals surface area contributed by atoms with Crippen molar-refractivity contribution in [2.24, 2.45) is 16.2 Å². The van der Waals surface area contributed by atoms with Gasteiger partial charge in [0.25, 0.3) is 5.08 Å². The van der Waals surface area contributed by atoms with Crippen molar-refractivity contribution in [1.29, 1.82) is 0 Å². The zero-order valence-corrected chi connectivity index (χ0v) is 31.9. The lowest BCUT2D eigenvalue weighted by Crippen LogP contribution is -2.35. The number of aliphatic hydroxyl groups is 1. The van der Waals surface area contributed by atoms with Crippen LogP contribution in [0.1, 0.15) is 80.7 Å². The number of nitrogens with one attached hydrogen (secondary N) is 1. The Balaban J connectivity index is 3.25. The second-order valence-electron chi connectivity index (χ2n) is 13.8. The lowest BCUT2D eigenvalue weighted by molar-refractivity contribution is -0.312. The number of carbonyl (C=O) groups excluding carboxylic acids is 4. The molecule has 2 unspecified atom stereocenters. The molecule has 1 rings (SSSR count). The Morgan fingerprint density at radius 2 is 1.10 bits per heavy atom. The number of amides is 1. The molecule has 0 heterocycles. The molecule has 2 atom stereocenters. The van der Waals surface area contributed by atoms with Crippen LogP contribution in [0.2, 0.25) is 0 Å². The topological polar surface area (TPSA) is 247 Å². The highest BCUT2D eigenvalue weighted by Crippen LogP contribution is 2.76. The van der Waals surface area contributed by atoms with E-state index >= 15 is 0 Å². The van der Waals surface area contributed by atoms with Gasteiger partial charge in [0.1, 0.15) is 6.61 Å². The van der Waals surface area contributed by atoms with Crippen LogP contribution in [0.4, 0.5) is 4.79 Å². The van der Waals surface area contributed by atoms with Crippen LogP contribution in [-0.2, 0) is 77.8 Å². The van der Waals surface area contributed by atoms with Crippen molar-refractivity contribution in [3.63, 3.8) is 0 Å². The predicted octanol–water partition coefficient (Wildman–Crippen LogP) is 5.20. The normalized spacial score (nSPS) is 14.8. The number of alkyl carbamates (subject to hydrolysis) is 1. The first-order valence-electron chi connectivity index (χ1n) is 15.4. The molecule has 51 heavy (non-hydrogen) atoms. The maximum Gasteiger partial charge on any atom is 0.407 e. The van der Waals surface area contributed by atoms with Gasteiger partial charge in [-0.25, -0.2) is 19.2 Å². The van der Waals surface area contributed by atoms with E-state index in [1.54, 1.807) is 30.3 Å². The van der Waals surface area contributed by atoms with Gasteiger partial charge in [-0.2, -0.15) is 14.7 Å². The van der Waals surface area contributed by atoms with E-state index < -0.39 is 93.7 Å². The predicted molar refractivity (Wildman–Crippen MR) is 174 cm³/mol. The summed E-state index contributed by atoms with van der Waals surface area (Å²) in [6.07, 6.45) is -2.26. The minimum atomic E-state index is -5.69. The van der Waals surface area contributed by atoms with E-state index in [0.29, 0.717) is 5.56 Å². The molecule has 0 bridgehead atoms. The molecule has 0 aromatic heterocycles. The van der Waals surface area contributed by atoms with E-state index in [2.05, 4.69) is 34.6 Å². The standard InChI is InChI=1S/C30H49NO18P2/c1-27(2,3)23(32)47-41-19-44-50(37,38)30(36,16-13-17-31-26(35)40-18-22-14-11-10-12-15-22)51(39,45-20-42-48-24(33)28(4,5)6)46-21-43-49-25(34)29(7,8)9/h10-12,14-15,36H,13,16-21H2,1-9H3,(H,31,35)(H,37,38). The highest BCUT2D eigenvalue weighted by molar-refractivity contribution is 7.73. The molecule has 21 heteroatoms. The van der Waals surface area contributed by atoms with Crippen LogP contribution in [0.3, 0.4) is 0 Å². The van der Waals surface area contributed by atoms with Gasteiger partial charge in [-0.1, -0.05) is 30.3 Å². The van der Waals surface area contributed by atoms with E-state index in [1.807, 2.05) is 0 Å². The molecule has 0 saturated carbocycles. The molecule has 0 aliphatic carbocycles. The van der Waals surface area contributed by atoms with Crippen molar-refractivity contribution in [3.8, 4) is 0 Å². The number of carbonyl (C=O) groups is 4. The van der Waals surface area contributed by atoms with Crippen LogP contribution in [0.5, 0.6) is 0 Å². The number of hydrogen-bond acceptors (Lipinski definition) is 17. The summed E-state index contributed by atoms with van der Waals surface area (Å²) in [6.45, 7) is 9.30. The lowest BCUT2D eigenvalue weighted by Gasteiger charge is -2.36. The lowest BCUT2D eigenvalue weighted by atomic mass is 9.98. The van der Waals surface area contributed by atoms with Gasteiger partial charge in [-0.15, -0.1) is 0 Å². The number of rotatable bonds is 20. The highest BCUT2D eigenvalue weighted by Gasteiger charge is 2.64. The van der Waals surface area contributed by atoms with Crippen molar-refractivity contribution >= 4 is 39.2 Å². The summed E-state index contributed by atoms with van der Waals surface area (Å²) in [5, 5.41) is 10.5. The molecule has 1 amide bonds. The van der Waals surface area contributed by atoms with Crippen LogP contribution in [-0.4, -0.2) is 66.0 Å². The molecule has 0 aliphatic rings. The summed E-state index contributed by atoms with van der Waals surface area (Å²) in [5.41, 5.74) is -2.45. The fraction of sp³-hybridized carbons (Fsp3) is 0.667. The van der Waals surface area contributed by atoms with E-state index in [1.165, 1.54) is 62.3 Å². The van der Waals surface area contributed by atoms with Gasteiger partial charge >= 0.3 is 39.2 Å². The molecule has 0 aliphatic heterocycles. The number of benzene rings is 1. The largest absolute Gasteiger partial charge is 0.445 e. The molecule has 1 aromatic rings. The fourth-order valence-corrected chi connectivity index (χ4v) is 6.83. The minimum absolute atomic E-state index is 0.0768. The molecule has 0 spiro atoms. The third-order valence-electron chi connectivity index (χ3n) is 6.12. The van der Waals surface area contributed by atoms with Crippen LogP contribution >= 0.6 is 15.2 Å². The van der Waals surface area contributed by atoms with Gasteiger partial charge in [-0.3, -0.25) is 37.4 Å². The third-order valence-corrected chi connectivity index (χ3v) is 11.2. The van der Waals surface area contributed by atoms with Crippen molar-refractivity contribution < 1.29 is 85.9 Å². The van der Waals surface area contributed by atoms with E-state index in [-0.39, 0.29) is 13.2 Å². The van der Waals surface area contributed by atoms with Gasteiger partial charge in [0.15, 0.2) is 0 Å². The summed E-state index contributed by atoms with van der Waals surface area (Å²) in [7, 11) is -11.2. The molecule has 0 fully saturated rings. The van der Waals surface area contributed by atoms with Crippen LogP contribution in [0.25, 0.3) is 0 Å². The zero-order valence-electron chi connectivity index (χ0n) is 30.2. The Bertz CT molecular complexity index is 1350. The summed E-state index contributed by atoms with van der Waals surface area (Å²) < 4.78 is 47.9. The van der Waals surface area contributed by atoms with Gasteiger partial charge in [-0.05, 0) is 74.3 Å². The summed E-state index contributed by atoms with van der Waals surface area (Å²) >= 11 is 0. The number of hydrogen-bond donors (Lipinski definition) is 3.